The summed E-state index contributed by atoms with van der Waals surface area (Å²) in [6, 6.07) is 7.31. The van der Waals surface area contributed by atoms with E-state index in [2.05, 4.69) is 10.1 Å². The Balaban J connectivity index is 2.35. The van der Waals surface area contributed by atoms with Crippen molar-refractivity contribution in [2.24, 2.45) is 0 Å². The average Bonchev–Trinajstić information content (AvgIpc) is 3.05. The molecule has 3 heterocycles. The Morgan fingerprint density at radius 2 is 2.05 bits per heavy atom. The normalized spacial score (nSPS) is 12.0. The van der Waals surface area contributed by atoms with Gasteiger partial charge in [-0.3, -0.25) is 0 Å². The van der Waals surface area contributed by atoms with Gasteiger partial charge in [0.25, 0.3) is 0 Å². The monoisotopic (exact) mass is 301 g/mol. The van der Waals surface area contributed by atoms with Gasteiger partial charge in [0, 0.05) is 5.41 Å². The highest BCUT2D eigenvalue weighted by molar-refractivity contribution is 7.13. The maximum atomic E-state index is 11.4. The van der Waals surface area contributed by atoms with Crippen LogP contribution < -0.4 is 0 Å². The molecule has 21 heavy (non-hydrogen) atoms. The minimum absolute atomic E-state index is 0.165. The second-order valence-corrected chi connectivity index (χ2v) is 6.78. The summed E-state index contributed by atoms with van der Waals surface area (Å²) in [7, 11) is 0. The number of aromatic nitrogens is 3. The van der Waals surface area contributed by atoms with Gasteiger partial charge >= 0.3 is 5.97 Å². The van der Waals surface area contributed by atoms with Crippen LogP contribution in [0.2, 0.25) is 0 Å². The lowest BCUT2D eigenvalue weighted by atomic mass is 9.96. The van der Waals surface area contributed by atoms with Crippen molar-refractivity contribution in [1.82, 2.24) is 14.6 Å². The Kier molecular flexibility index (Phi) is 3.06. The van der Waals surface area contributed by atoms with Crippen LogP contribution >= 0.6 is 11.3 Å². The summed E-state index contributed by atoms with van der Waals surface area (Å²) < 4.78 is 1.63. The van der Waals surface area contributed by atoms with Gasteiger partial charge in [-0.15, -0.1) is 11.3 Å². The van der Waals surface area contributed by atoms with Gasteiger partial charge in [-0.25, -0.2) is 14.3 Å². The number of carboxylic acid groups (broad SMARTS) is 1. The Morgan fingerprint density at radius 1 is 1.29 bits per heavy atom. The molecule has 3 aromatic rings. The van der Waals surface area contributed by atoms with Crippen LogP contribution in [0.4, 0.5) is 0 Å². The van der Waals surface area contributed by atoms with Gasteiger partial charge < -0.3 is 5.11 Å². The first-order chi connectivity index (χ1) is 9.88. The second-order valence-electron chi connectivity index (χ2n) is 5.84. The molecule has 6 heteroatoms. The zero-order valence-electron chi connectivity index (χ0n) is 12.0. The van der Waals surface area contributed by atoms with E-state index in [0.717, 1.165) is 10.6 Å². The zero-order chi connectivity index (χ0) is 15.2. The van der Waals surface area contributed by atoms with Crippen LogP contribution in [-0.4, -0.2) is 25.7 Å². The van der Waals surface area contributed by atoms with E-state index >= 15 is 0 Å². The third kappa shape index (κ3) is 2.31. The summed E-state index contributed by atoms with van der Waals surface area (Å²) in [6.07, 6.45) is 0. The summed E-state index contributed by atoms with van der Waals surface area (Å²) in [5.41, 5.74) is 1.17. The van der Waals surface area contributed by atoms with Crippen molar-refractivity contribution in [2.75, 3.05) is 0 Å². The molecule has 0 saturated carbocycles. The molecule has 0 atom stereocenters. The lowest BCUT2D eigenvalue weighted by Gasteiger charge is -2.11. The third-order valence-electron chi connectivity index (χ3n) is 3.16. The molecule has 0 saturated heterocycles. The zero-order valence-corrected chi connectivity index (χ0v) is 12.8. The van der Waals surface area contributed by atoms with E-state index in [0.29, 0.717) is 11.5 Å². The number of aromatic carboxylic acids is 1. The molecule has 1 N–H and O–H groups in total. The van der Waals surface area contributed by atoms with Crippen molar-refractivity contribution in [2.45, 2.75) is 26.2 Å². The topological polar surface area (TPSA) is 67.5 Å². The second kappa shape index (κ2) is 4.66. The Hall–Kier alpha value is -2.21. The lowest BCUT2D eigenvalue weighted by Crippen LogP contribution is -2.13. The molecule has 0 radical (unpaired) electrons. The summed E-state index contributed by atoms with van der Waals surface area (Å²) in [6.45, 7) is 6.02. The fraction of sp³-hybridized carbons (Fsp3) is 0.267. The fourth-order valence-corrected chi connectivity index (χ4v) is 2.79. The first-order valence-corrected chi connectivity index (χ1v) is 7.43. The van der Waals surface area contributed by atoms with Crippen LogP contribution in [0.3, 0.4) is 0 Å². The molecule has 3 rings (SSSR count). The summed E-state index contributed by atoms with van der Waals surface area (Å²) >= 11 is 1.59. The Morgan fingerprint density at radius 3 is 2.62 bits per heavy atom. The molecule has 108 valence electrons. The van der Waals surface area contributed by atoms with E-state index < -0.39 is 5.97 Å². The van der Waals surface area contributed by atoms with Gasteiger partial charge in [-0.05, 0) is 23.6 Å². The molecule has 0 unspecified atom stereocenters. The van der Waals surface area contributed by atoms with Gasteiger partial charge in [0.15, 0.2) is 11.5 Å². The molecule has 0 aliphatic carbocycles. The standard InChI is InChI=1S/C15H15N3O2S/c1-15(2,3)14-16-12-9(13(19)20)6-7-10(18(12)17-14)11-5-4-8-21-11/h4-8H,1-3H3,(H,19,20). The van der Waals surface area contributed by atoms with E-state index in [-0.39, 0.29) is 11.0 Å². The van der Waals surface area contributed by atoms with Crippen molar-refractivity contribution in [3.63, 3.8) is 0 Å². The minimum atomic E-state index is -0.995. The smallest absolute Gasteiger partial charge is 0.339 e. The number of thiophene rings is 1. The maximum Gasteiger partial charge on any atom is 0.339 e. The highest BCUT2D eigenvalue weighted by Crippen LogP contribution is 2.28. The largest absolute Gasteiger partial charge is 0.478 e. The van der Waals surface area contributed by atoms with E-state index in [9.17, 15) is 9.90 Å². The van der Waals surface area contributed by atoms with Crippen molar-refractivity contribution in [1.29, 1.82) is 0 Å². The van der Waals surface area contributed by atoms with Gasteiger partial charge in [-0.1, -0.05) is 26.8 Å². The van der Waals surface area contributed by atoms with Gasteiger partial charge in [0.05, 0.1) is 10.6 Å². The Labute approximate surface area is 125 Å². The van der Waals surface area contributed by atoms with Gasteiger partial charge in [0.2, 0.25) is 0 Å². The van der Waals surface area contributed by atoms with Gasteiger partial charge in [-0.2, -0.15) is 5.10 Å². The van der Waals surface area contributed by atoms with Crippen LogP contribution in [0.25, 0.3) is 16.2 Å². The van der Waals surface area contributed by atoms with E-state index in [1.165, 1.54) is 0 Å². The minimum Gasteiger partial charge on any atom is -0.478 e. The fourth-order valence-electron chi connectivity index (χ4n) is 2.06. The van der Waals surface area contributed by atoms with Crippen LogP contribution in [-0.2, 0) is 5.41 Å². The summed E-state index contributed by atoms with van der Waals surface area (Å²) in [5.74, 6) is -0.361. The van der Waals surface area contributed by atoms with Gasteiger partial charge in [0.1, 0.15) is 5.56 Å². The van der Waals surface area contributed by atoms with E-state index in [1.54, 1.807) is 28.0 Å². The number of hydrogen-bond donors (Lipinski definition) is 1. The molecule has 0 fully saturated rings. The Bertz CT molecular complexity index is 813. The molecule has 0 aliphatic rings. The first-order valence-electron chi connectivity index (χ1n) is 6.55. The van der Waals surface area contributed by atoms with Crippen molar-refractivity contribution >= 4 is 23.0 Å². The lowest BCUT2D eigenvalue weighted by molar-refractivity contribution is 0.0698. The maximum absolute atomic E-state index is 11.4. The van der Waals surface area contributed by atoms with Crippen LogP contribution in [0.5, 0.6) is 0 Å². The van der Waals surface area contributed by atoms with E-state index in [1.807, 2.05) is 38.3 Å². The number of carboxylic acids is 1. The number of pyridine rings is 1. The highest BCUT2D eigenvalue weighted by atomic mass is 32.1. The number of rotatable bonds is 2. The summed E-state index contributed by atoms with van der Waals surface area (Å²) in [4.78, 5) is 16.9. The van der Waals surface area contributed by atoms with Crippen LogP contribution in [0, 0.1) is 0 Å². The molecule has 3 aromatic heterocycles. The number of carbonyl (C=O) groups is 1. The van der Waals surface area contributed by atoms with Crippen molar-refractivity contribution in [3.05, 3.63) is 41.0 Å². The molecule has 0 aromatic carbocycles. The first kappa shape index (κ1) is 13.8. The number of nitrogens with zero attached hydrogens (tertiary/aromatic N) is 3. The molecule has 0 aliphatic heterocycles. The predicted octanol–water partition coefficient (Wildman–Crippen LogP) is 3.45. The van der Waals surface area contributed by atoms with Crippen LogP contribution in [0.15, 0.2) is 29.6 Å². The highest BCUT2D eigenvalue weighted by Gasteiger charge is 2.23. The quantitative estimate of drug-likeness (QED) is 0.787. The summed E-state index contributed by atoms with van der Waals surface area (Å²) in [5, 5.41) is 15.8. The van der Waals surface area contributed by atoms with Crippen molar-refractivity contribution < 1.29 is 9.90 Å². The predicted molar refractivity (Wildman–Crippen MR) is 82.0 cm³/mol. The molecule has 0 amide bonds. The molecule has 0 bridgehead atoms. The van der Waals surface area contributed by atoms with E-state index in [4.69, 9.17) is 0 Å². The number of hydrogen-bond acceptors (Lipinski definition) is 4. The molecular formula is C15H15N3O2S. The van der Waals surface area contributed by atoms with Crippen molar-refractivity contribution in [3.8, 4) is 10.6 Å². The molecule has 0 spiro atoms. The third-order valence-corrected chi connectivity index (χ3v) is 4.05. The van der Waals surface area contributed by atoms with Crippen LogP contribution in [0.1, 0.15) is 37.0 Å². The average molecular weight is 301 g/mol. The molecular weight excluding hydrogens is 286 g/mol. The SMILES string of the molecule is CC(C)(C)c1nc2c(C(=O)O)ccc(-c3cccs3)n2n1. The molecule has 5 nitrogen and oxygen atoms in total. The number of fused-ring (bicyclic) bond motifs is 1.